The molecular formula is C61H92N4O17. The average molecular weight is 1150 g/mol. The van der Waals surface area contributed by atoms with Crippen LogP contribution in [-0.4, -0.2) is 174 Å². The summed E-state index contributed by atoms with van der Waals surface area (Å²) in [7, 11) is 4.47. The van der Waals surface area contributed by atoms with Gasteiger partial charge in [-0.3, -0.25) is 24.0 Å². The third-order valence-electron chi connectivity index (χ3n) is 16.1. The minimum atomic E-state index is -1.37. The van der Waals surface area contributed by atoms with Gasteiger partial charge in [0.2, 0.25) is 11.5 Å². The second-order valence-electron chi connectivity index (χ2n) is 22.5. The molecule has 21 nitrogen and oxygen atoms in total. The van der Waals surface area contributed by atoms with Crippen molar-refractivity contribution in [3.63, 3.8) is 0 Å². The van der Waals surface area contributed by atoms with Crippen molar-refractivity contribution in [1.29, 1.82) is 0 Å². The Labute approximate surface area is 483 Å². The molecule has 14 atom stereocenters. The summed E-state index contributed by atoms with van der Waals surface area (Å²) in [5.74, 6) is -8.99. The number of amides is 1. The van der Waals surface area contributed by atoms with E-state index in [0.717, 1.165) is 10.5 Å². The van der Waals surface area contributed by atoms with Crippen LogP contribution in [0.15, 0.2) is 47.6 Å². The Morgan fingerprint density at radius 3 is 2.17 bits per heavy atom. The molecule has 0 bridgehead atoms. The molecule has 1 aromatic heterocycles. The summed E-state index contributed by atoms with van der Waals surface area (Å²) >= 11 is 0. The van der Waals surface area contributed by atoms with Crippen molar-refractivity contribution in [2.75, 3.05) is 47.7 Å². The summed E-state index contributed by atoms with van der Waals surface area (Å²) < 4.78 is 41.3. The van der Waals surface area contributed by atoms with Crippen molar-refractivity contribution in [1.82, 2.24) is 19.9 Å². The highest BCUT2D eigenvalue weighted by Crippen LogP contribution is 2.35. The van der Waals surface area contributed by atoms with Crippen molar-refractivity contribution < 1.29 is 81.7 Å². The topological polar surface area (TPSA) is 276 Å². The SMILES string of the molecule is CCOC(=O)c1nnn(CCO[C@@H]2CC[C@H](C[C@@H](C)[C@@H]3CC(=O)[C@H](C)/C=C(\C)[C@@H](O)[C@@H](OC)C(=O)[C@H](C)C[C@H](C)/C=C/C=C/C=C(\C)[C@@H](OC)C[C@@H](O)CC[C@@H](C)C(=O)C(=O)C(=O)N4CCCC[C@H]4C(=O)O3)C[C@H]2OC)c1C(=O)OCC. The Morgan fingerprint density at radius 1 is 0.793 bits per heavy atom. The number of carbonyl (C=O) groups is 8. The Hall–Kier alpha value is -5.58. The van der Waals surface area contributed by atoms with Crippen LogP contribution in [0.1, 0.15) is 160 Å². The molecule has 2 N–H and O–H groups in total. The van der Waals surface area contributed by atoms with Gasteiger partial charge in [0.15, 0.2) is 11.5 Å². The third kappa shape index (κ3) is 19.8. The number of aliphatic hydroxyl groups is 2. The summed E-state index contributed by atoms with van der Waals surface area (Å²) in [6, 6.07) is -1.21. The number of aliphatic hydroxyl groups excluding tert-OH is 2. The molecule has 1 aromatic rings. The van der Waals surface area contributed by atoms with Crippen LogP contribution in [0.4, 0.5) is 0 Å². The number of cyclic esters (lactones) is 1. The molecule has 0 aromatic carbocycles. The molecule has 1 saturated heterocycles. The number of piperidine rings is 1. The molecule has 1 amide bonds. The highest BCUT2D eigenvalue weighted by Gasteiger charge is 2.42. The van der Waals surface area contributed by atoms with Crippen molar-refractivity contribution in [2.24, 2.45) is 35.5 Å². The Balaban J connectivity index is 1.60. The Kier molecular flexibility index (Phi) is 28.8. The van der Waals surface area contributed by atoms with Crippen LogP contribution in [0.5, 0.6) is 0 Å². The van der Waals surface area contributed by atoms with E-state index >= 15 is 0 Å². The molecule has 0 unspecified atom stereocenters. The maximum Gasteiger partial charge on any atom is 0.361 e. The normalized spacial score (nSPS) is 32.2. The second kappa shape index (κ2) is 34.3. The quantitative estimate of drug-likeness (QED) is 0.0849. The summed E-state index contributed by atoms with van der Waals surface area (Å²) in [6.07, 6.45) is 9.42. The van der Waals surface area contributed by atoms with Crippen LogP contribution in [-0.2, 0) is 68.5 Å². The molecule has 0 spiro atoms. The summed E-state index contributed by atoms with van der Waals surface area (Å²) in [4.78, 5) is 110. The van der Waals surface area contributed by atoms with E-state index in [1.54, 1.807) is 47.8 Å². The predicted octanol–water partition coefficient (Wildman–Crippen LogP) is 6.69. The highest BCUT2D eigenvalue weighted by atomic mass is 16.6. The van der Waals surface area contributed by atoms with E-state index in [9.17, 15) is 48.6 Å². The first-order valence-electron chi connectivity index (χ1n) is 29.2. The second-order valence-corrected chi connectivity index (χ2v) is 22.5. The van der Waals surface area contributed by atoms with Crippen LogP contribution in [0.3, 0.4) is 0 Å². The third-order valence-corrected chi connectivity index (χ3v) is 16.1. The molecule has 4 rings (SSSR count). The fourth-order valence-electron chi connectivity index (χ4n) is 11.2. The number of esters is 3. The van der Waals surface area contributed by atoms with E-state index in [-0.39, 0.29) is 112 Å². The molecule has 3 aliphatic rings. The Morgan fingerprint density at radius 2 is 1.50 bits per heavy atom. The molecule has 0 radical (unpaired) electrons. The first-order chi connectivity index (χ1) is 39.0. The van der Waals surface area contributed by atoms with Crippen LogP contribution < -0.4 is 0 Å². The van der Waals surface area contributed by atoms with Gasteiger partial charge in [-0.25, -0.2) is 19.1 Å². The number of ether oxygens (including phenoxy) is 7. The number of aromatic nitrogens is 3. The number of rotatable bonds is 14. The number of nitrogens with zero attached hydrogens (tertiary/aromatic N) is 4. The number of methoxy groups -OCH3 is 3. The largest absolute Gasteiger partial charge is 0.461 e. The summed E-state index contributed by atoms with van der Waals surface area (Å²) in [5, 5.41) is 30.5. The lowest BCUT2D eigenvalue weighted by Gasteiger charge is -2.38. The van der Waals surface area contributed by atoms with E-state index in [1.807, 2.05) is 51.2 Å². The van der Waals surface area contributed by atoms with Gasteiger partial charge in [0.05, 0.1) is 50.8 Å². The van der Waals surface area contributed by atoms with Crippen molar-refractivity contribution in [3.05, 3.63) is 59.0 Å². The lowest BCUT2D eigenvalue weighted by atomic mass is 9.78. The molecule has 2 aliphatic heterocycles. The van der Waals surface area contributed by atoms with Gasteiger partial charge in [0.25, 0.3) is 11.7 Å². The number of carbonyl (C=O) groups excluding carboxylic acids is 8. The van der Waals surface area contributed by atoms with E-state index in [0.29, 0.717) is 50.5 Å². The lowest BCUT2D eigenvalue weighted by Crippen LogP contribution is -2.53. The predicted molar refractivity (Wildman–Crippen MR) is 302 cm³/mol. The summed E-state index contributed by atoms with van der Waals surface area (Å²) in [6.45, 7) is 15.9. The number of Topliss-reactive ketones (excluding diaryl/α,β-unsaturated/α-hetero) is 4. The number of hydrogen-bond acceptors (Lipinski definition) is 19. The molecular weight excluding hydrogens is 1060 g/mol. The van der Waals surface area contributed by atoms with Gasteiger partial charge in [-0.1, -0.05) is 76.3 Å². The smallest absolute Gasteiger partial charge is 0.361 e. The first-order valence-corrected chi connectivity index (χ1v) is 29.2. The standard InChI is InChI=1S/C61H92N4O17/c1-13-79-60(74)51-52(61(75)80-14-2)65(63-62-51)28-29-81-47-26-24-43(33-50(47)77-11)32-40(7)49-35-46(67)39(6)31-42(9)55(70)57(78-12)54(69)41(8)30-36(3)20-16-15-17-21-37(4)48(76-10)34-44(66)25-23-38(5)53(68)56(71)58(72)64-27-19-18-22-45(64)59(73)82-49/h15-17,20-21,31,36,38-41,43-45,47-50,55,57,66,70H,13-14,18-19,22-30,32-35H2,1-12H3/b17-15+,20-16+,37-21+,42-31+/t36-,38-,39-,40-,41-,43-,44+,45+,47-,48+,49+,50-,55-,57+/m1/s1. The van der Waals surface area contributed by atoms with Crippen LogP contribution in [0.2, 0.25) is 0 Å². The molecule has 458 valence electrons. The average Bonchev–Trinajstić information content (AvgIpc) is 4.12. The number of allylic oxidation sites excluding steroid dienone is 6. The van der Waals surface area contributed by atoms with E-state index in [4.69, 9.17) is 33.2 Å². The molecule has 21 heteroatoms. The monoisotopic (exact) mass is 1150 g/mol. The fourth-order valence-corrected chi connectivity index (χ4v) is 11.2. The maximum absolute atomic E-state index is 14.5. The minimum Gasteiger partial charge on any atom is -0.461 e. The van der Waals surface area contributed by atoms with Gasteiger partial charge in [0, 0.05) is 58.5 Å². The molecule has 2 fully saturated rings. The zero-order chi connectivity index (χ0) is 60.8. The Bertz CT molecular complexity index is 2450. The zero-order valence-electron chi connectivity index (χ0n) is 50.4. The van der Waals surface area contributed by atoms with E-state index < -0.39 is 95.6 Å². The fraction of sp³-hybridized carbons (Fsp3) is 0.705. The minimum absolute atomic E-state index is 0.00794. The van der Waals surface area contributed by atoms with E-state index in [1.165, 1.54) is 25.8 Å². The van der Waals surface area contributed by atoms with Gasteiger partial charge in [-0.05, 0) is 121 Å². The molecule has 3 heterocycles. The molecule has 82 heavy (non-hydrogen) atoms. The van der Waals surface area contributed by atoms with Gasteiger partial charge >= 0.3 is 17.9 Å². The molecule has 1 aliphatic carbocycles. The van der Waals surface area contributed by atoms with Crippen molar-refractivity contribution in [3.8, 4) is 0 Å². The summed E-state index contributed by atoms with van der Waals surface area (Å²) in [5.41, 5.74) is 0.775. The maximum atomic E-state index is 14.5. The first kappa shape index (κ1) is 68.9. The lowest BCUT2D eigenvalue weighted by molar-refractivity contribution is -0.166. The van der Waals surface area contributed by atoms with Crippen molar-refractivity contribution in [2.45, 2.75) is 195 Å². The number of fused-ring (bicyclic) bond motifs is 1. The van der Waals surface area contributed by atoms with Gasteiger partial charge in [-0.15, -0.1) is 5.10 Å². The van der Waals surface area contributed by atoms with Crippen LogP contribution in [0.25, 0.3) is 0 Å². The van der Waals surface area contributed by atoms with Crippen molar-refractivity contribution >= 4 is 46.9 Å². The zero-order valence-corrected chi connectivity index (χ0v) is 50.4. The van der Waals surface area contributed by atoms with E-state index in [2.05, 4.69) is 10.3 Å². The highest BCUT2D eigenvalue weighted by molar-refractivity contribution is 6.63. The van der Waals surface area contributed by atoms with Gasteiger partial charge in [-0.2, -0.15) is 0 Å². The van der Waals surface area contributed by atoms with Gasteiger partial charge < -0.3 is 48.3 Å². The van der Waals surface area contributed by atoms with Crippen LogP contribution in [0, 0.1) is 35.5 Å². The molecule has 1 saturated carbocycles. The number of hydrogen-bond donors (Lipinski definition) is 2. The van der Waals surface area contributed by atoms with Gasteiger partial charge in [0.1, 0.15) is 30.1 Å². The number of ketones is 4. The van der Waals surface area contributed by atoms with Crippen LogP contribution >= 0.6 is 0 Å².